The normalized spacial score (nSPS) is 22.9. The van der Waals surface area contributed by atoms with Gasteiger partial charge < -0.3 is 5.11 Å². The predicted molar refractivity (Wildman–Crippen MR) is 78.2 cm³/mol. The van der Waals surface area contributed by atoms with Crippen LogP contribution in [0.15, 0.2) is 27.6 Å². The van der Waals surface area contributed by atoms with Gasteiger partial charge in [-0.2, -0.15) is 0 Å². The van der Waals surface area contributed by atoms with E-state index in [-0.39, 0.29) is 10.9 Å². The fourth-order valence-corrected chi connectivity index (χ4v) is 4.20. The Hall–Kier alpha value is -0.630. The molecule has 1 fully saturated rings. The van der Waals surface area contributed by atoms with Gasteiger partial charge in [-0.05, 0) is 53.4 Å². The topological polar surface area (TPSA) is 83.5 Å². The van der Waals surface area contributed by atoms with Gasteiger partial charge >= 0.3 is 5.97 Å². The molecule has 5 nitrogen and oxygen atoms in total. The van der Waals surface area contributed by atoms with Crippen LogP contribution in [0, 0.1) is 5.92 Å². The number of halogens is 2. The predicted octanol–water partition coefficient (Wildman–Crippen LogP) is 2.63. The van der Waals surface area contributed by atoms with Crippen LogP contribution < -0.4 is 4.72 Å². The zero-order valence-electron chi connectivity index (χ0n) is 10.3. The molecule has 2 N–H and O–H groups in total. The first-order valence-corrected chi connectivity index (χ1v) is 8.65. The average molecular weight is 383 g/mol. The molecule has 0 heterocycles. The third kappa shape index (κ3) is 3.52. The Morgan fingerprint density at radius 1 is 1.40 bits per heavy atom. The lowest BCUT2D eigenvalue weighted by Gasteiger charge is -2.13. The van der Waals surface area contributed by atoms with Crippen LogP contribution in [0.25, 0.3) is 0 Å². The molecule has 110 valence electrons. The summed E-state index contributed by atoms with van der Waals surface area (Å²) in [6, 6.07) is 4.00. The number of nitrogens with one attached hydrogen (secondary N) is 1. The number of carbonyl (C=O) groups is 1. The van der Waals surface area contributed by atoms with E-state index in [1.807, 2.05) is 0 Å². The lowest BCUT2D eigenvalue weighted by atomic mass is 10.1. The zero-order chi connectivity index (χ0) is 14.9. The highest BCUT2D eigenvalue weighted by molar-refractivity contribution is 9.10. The summed E-state index contributed by atoms with van der Waals surface area (Å²) in [5.41, 5.74) is 0. The van der Waals surface area contributed by atoms with Crippen LogP contribution in [0.4, 0.5) is 0 Å². The molecule has 20 heavy (non-hydrogen) atoms. The number of carboxylic acid groups (broad SMARTS) is 1. The molecule has 0 aliphatic heterocycles. The molecule has 1 aromatic rings. The Bertz CT molecular complexity index is 634. The van der Waals surface area contributed by atoms with Crippen molar-refractivity contribution in [3.05, 3.63) is 27.7 Å². The van der Waals surface area contributed by atoms with E-state index in [4.69, 9.17) is 16.7 Å². The Morgan fingerprint density at radius 2 is 2.10 bits per heavy atom. The van der Waals surface area contributed by atoms with Gasteiger partial charge in [-0.15, -0.1) is 0 Å². The Morgan fingerprint density at radius 3 is 2.65 bits per heavy atom. The molecule has 0 aromatic heterocycles. The van der Waals surface area contributed by atoms with Crippen molar-refractivity contribution in [2.24, 2.45) is 5.92 Å². The average Bonchev–Trinajstić information content (AvgIpc) is 2.80. The minimum absolute atomic E-state index is 0.104. The van der Waals surface area contributed by atoms with E-state index >= 15 is 0 Å². The largest absolute Gasteiger partial charge is 0.481 e. The van der Waals surface area contributed by atoms with Crippen molar-refractivity contribution in [1.82, 2.24) is 4.72 Å². The number of sulfonamides is 1. The van der Waals surface area contributed by atoms with Gasteiger partial charge in [0.1, 0.15) is 0 Å². The maximum atomic E-state index is 12.2. The molecule has 2 unspecified atom stereocenters. The van der Waals surface area contributed by atoms with Gasteiger partial charge in [0.2, 0.25) is 10.0 Å². The van der Waals surface area contributed by atoms with Crippen LogP contribution in [0.3, 0.4) is 0 Å². The molecule has 1 saturated carbocycles. The first kappa shape index (κ1) is 15.8. The molecule has 1 aliphatic carbocycles. The van der Waals surface area contributed by atoms with E-state index in [1.165, 1.54) is 18.2 Å². The molecule has 1 aromatic carbocycles. The fraction of sp³-hybridized carbons (Fsp3) is 0.417. The van der Waals surface area contributed by atoms with Crippen LogP contribution in [0.1, 0.15) is 19.3 Å². The molecule has 1 aliphatic rings. The molecule has 0 radical (unpaired) electrons. The number of hydrogen-bond donors (Lipinski definition) is 2. The number of carboxylic acids is 1. The number of aliphatic carboxylic acids is 1. The van der Waals surface area contributed by atoms with Crippen LogP contribution in [0.2, 0.25) is 5.02 Å². The monoisotopic (exact) mass is 381 g/mol. The molecule has 0 amide bonds. The van der Waals surface area contributed by atoms with Crippen molar-refractivity contribution in [1.29, 1.82) is 0 Å². The molecule has 8 heteroatoms. The first-order chi connectivity index (χ1) is 9.29. The van der Waals surface area contributed by atoms with Crippen molar-refractivity contribution < 1.29 is 18.3 Å². The summed E-state index contributed by atoms with van der Waals surface area (Å²) in [6.07, 6.45) is 1.35. The minimum atomic E-state index is -3.66. The van der Waals surface area contributed by atoms with Gasteiger partial charge in [-0.3, -0.25) is 4.79 Å². The SMILES string of the molecule is O=C(O)C1CCC(NS(=O)(=O)c2ccc(Cl)c(Br)c2)C1. The lowest BCUT2D eigenvalue weighted by molar-refractivity contribution is -0.141. The van der Waals surface area contributed by atoms with E-state index in [1.54, 1.807) is 0 Å². The Labute approximate surface area is 130 Å². The van der Waals surface area contributed by atoms with E-state index in [0.717, 1.165) is 0 Å². The number of benzene rings is 1. The van der Waals surface area contributed by atoms with Crippen molar-refractivity contribution >= 4 is 43.5 Å². The standard InChI is InChI=1S/C12H13BrClNO4S/c13-10-6-9(3-4-11(10)14)20(18,19)15-8-2-1-7(5-8)12(16)17/h3-4,6-8,15H,1-2,5H2,(H,16,17). The van der Waals surface area contributed by atoms with Crippen LogP contribution >= 0.6 is 27.5 Å². The summed E-state index contributed by atoms with van der Waals surface area (Å²) >= 11 is 9.01. The van der Waals surface area contributed by atoms with Crippen molar-refractivity contribution in [3.63, 3.8) is 0 Å². The molecular weight excluding hydrogens is 370 g/mol. The fourth-order valence-electron chi connectivity index (χ4n) is 2.24. The van der Waals surface area contributed by atoms with Gasteiger partial charge in [-0.1, -0.05) is 11.6 Å². The van der Waals surface area contributed by atoms with Crippen LogP contribution in [-0.4, -0.2) is 25.5 Å². The third-order valence-electron chi connectivity index (χ3n) is 3.31. The molecule has 2 atom stereocenters. The summed E-state index contributed by atoms with van der Waals surface area (Å²) in [5.74, 6) is -1.35. The molecule has 0 bridgehead atoms. The second kappa shape index (κ2) is 6.01. The molecule has 2 rings (SSSR count). The second-order valence-electron chi connectivity index (χ2n) is 4.74. The molecule has 0 saturated heterocycles. The highest BCUT2D eigenvalue weighted by Crippen LogP contribution is 2.29. The zero-order valence-corrected chi connectivity index (χ0v) is 13.5. The van der Waals surface area contributed by atoms with Gasteiger partial charge in [0.25, 0.3) is 0 Å². The second-order valence-corrected chi connectivity index (χ2v) is 7.72. The molecule has 0 spiro atoms. The van der Waals surface area contributed by atoms with Gasteiger partial charge in [0.05, 0.1) is 15.8 Å². The van der Waals surface area contributed by atoms with Gasteiger partial charge in [-0.25, -0.2) is 13.1 Å². The number of rotatable bonds is 4. The summed E-state index contributed by atoms with van der Waals surface area (Å²) in [5, 5.41) is 9.34. The van der Waals surface area contributed by atoms with E-state index in [9.17, 15) is 13.2 Å². The van der Waals surface area contributed by atoms with E-state index in [2.05, 4.69) is 20.7 Å². The lowest BCUT2D eigenvalue weighted by Crippen LogP contribution is -2.33. The van der Waals surface area contributed by atoms with Crippen molar-refractivity contribution in [2.75, 3.05) is 0 Å². The Balaban J connectivity index is 2.12. The minimum Gasteiger partial charge on any atom is -0.481 e. The van der Waals surface area contributed by atoms with Crippen molar-refractivity contribution in [2.45, 2.75) is 30.2 Å². The highest BCUT2D eigenvalue weighted by Gasteiger charge is 2.32. The summed E-state index contributed by atoms with van der Waals surface area (Å²) < 4.78 is 27.5. The van der Waals surface area contributed by atoms with E-state index < -0.39 is 21.9 Å². The highest BCUT2D eigenvalue weighted by atomic mass is 79.9. The number of hydrogen-bond acceptors (Lipinski definition) is 3. The van der Waals surface area contributed by atoms with Gasteiger partial charge in [0.15, 0.2) is 0 Å². The van der Waals surface area contributed by atoms with Crippen molar-refractivity contribution in [3.8, 4) is 0 Å². The van der Waals surface area contributed by atoms with Crippen LogP contribution in [0.5, 0.6) is 0 Å². The molecular formula is C12H13BrClNO4S. The van der Waals surface area contributed by atoms with E-state index in [0.29, 0.717) is 28.8 Å². The van der Waals surface area contributed by atoms with Crippen LogP contribution in [-0.2, 0) is 14.8 Å². The maximum Gasteiger partial charge on any atom is 0.306 e. The maximum absolute atomic E-state index is 12.2. The smallest absolute Gasteiger partial charge is 0.306 e. The summed E-state index contributed by atoms with van der Waals surface area (Å²) in [6.45, 7) is 0. The first-order valence-electron chi connectivity index (χ1n) is 6.00. The quantitative estimate of drug-likeness (QED) is 0.838. The van der Waals surface area contributed by atoms with Gasteiger partial charge in [0, 0.05) is 10.5 Å². The summed E-state index contributed by atoms with van der Waals surface area (Å²) in [7, 11) is -3.66. The summed E-state index contributed by atoms with van der Waals surface area (Å²) in [4.78, 5) is 11.0. The Kier molecular flexibility index (Phi) is 4.73. The third-order valence-corrected chi connectivity index (χ3v) is 6.04.